The molecule has 2 aliphatic heterocycles. The number of nitrogens with zero attached hydrogens (tertiary/aromatic N) is 1. The van der Waals surface area contributed by atoms with E-state index >= 15 is 0 Å². The van der Waals surface area contributed by atoms with Crippen LogP contribution in [0, 0.1) is 5.92 Å². The fraction of sp³-hybridized carbons (Fsp3) is 0.909. The van der Waals surface area contributed by atoms with Crippen molar-refractivity contribution in [2.24, 2.45) is 5.92 Å². The molecule has 0 radical (unpaired) electrons. The molecule has 86 valence electrons. The van der Waals surface area contributed by atoms with Gasteiger partial charge in [-0.15, -0.1) is 0 Å². The molecular weight excluding hydrogens is 192 g/mol. The molecule has 4 nitrogen and oxygen atoms in total. The standard InChI is InChI=1S/C11H20N2O2/c1-2-5-13-10-3-4-12-6-9(10)7-15-8-11(13)14/h9-10,12H,2-8H2,1H3/t9-,10+/m0/s1. The molecule has 2 aliphatic rings. The van der Waals surface area contributed by atoms with Gasteiger partial charge in [-0.25, -0.2) is 0 Å². The molecule has 0 bridgehead atoms. The summed E-state index contributed by atoms with van der Waals surface area (Å²) in [6.45, 7) is 6.00. The Bertz CT molecular complexity index is 233. The minimum atomic E-state index is 0.172. The smallest absolute Gasteiger partial charge is 0.248 e. The van der Waals surface area contributed by atoms with Gasteiger partial charge in [-0.2, -0.15) is 0 Å². The van der Waals surface area contributed by atoms with E-state index in [1.807, 2.05) is 4.90 Å². The molecule has 0 aromatic rings. The fourth-order valence-corrected chi connectivity index (χ4v) is 2.59. The van der Waals surface area contributed by atoms with Crippen LogP contribution in [0.4, 0.5) is 0 Å². The number of hydrogen-bond acceptors (Lipinski definition) is 3. The van der Waals surface area contributed by atoms with Gasteiger partial charge in [0.1, 0.15) is 6.61 Å². The molecule has 0 spiro atoms. The van der Waals surface area contributed by atoms with Gasteiger partial charge in [0, 0.05) is 25.0 Å². The van der Waals surface area contributed by atoms with Crippen molar-refractivity contribution in [3.63, 3.8) is 0 Å². The molecule has 2 saturated heterocycles. The van der Waals surface area contributed by atoms with Crippen molar-refractivity contribution in [3.05, 3.63) is 0 Å². The number of hydrogen-bond donors (Lipinski definition) is 1. The highest BCUT2D eigenvalue weighted by Crippen LogP contribution is 2.21. The summed E-state index contributed by atoms with van der Waals surface area (Å²) >= 11 is 0. The van der Waals surface area contributed by atoms with E-state index in [9.17, 15) is 4.79 Å². The maximum absolute atomic E-state index is 11.8. The maximum atomic E-state index is 11.8. The lowest BCUT2D eigenvalue weighted by atomic mass is 9.92. The Morgan fingerprint density at radius 3 is 3.27 bits per heavy atom. The van der Waals surface area contributed by atoms with Crippen LogP contribution in [0.1, 0.15) is 19.8 Å². The van der Waals surface area contributed by atoms with Crippen LogP contribution in [0.3, 0.4) is 0 Å². The van der Waals surface area contributed by atoms with E-state index in [0.717, 1.165) is 39.1 Å². The summed E-state index contributed by atoms with van der Waals surface area (Å²) in [6, 6.07) is 0.404. The minimum Gasteiger partial charge on any atom is -0.371 e. The van der Waals surface area contributed by atoms with E-state index < -0.39 is 0 Å². The Balaban J connectivity index is 2.10. The quantitative estimate of drug-likeness (QED) is 0.712. The molecule has 2 fully saturated rings. The molecule has 0 aromatic heterocycles. The Labute approximate surface area is 91.0 Å². The Kier molecular flexibility index (Phi) is 3.59. The first-order chi connectivity index (χ1) is 7.33. The molecule has 15 heavy (non-hydrogen) atoms. The normalized spacial score (nSPS) is 32.3. The van der Waals surface area contributed by atoms with E-state index in [4.69, 9.17) is 4.74 Å². The van der Waals surface area contributed by atoms with Gasteiger partial charge in [0.2, 0.25) is 5.91 Å². The lowest BCUT2D eigenvalue weighted by molar-refractivity contribution is -0.136. The van der Waals surface area contributed by atoms with Crippen LogP contribution in [-0.4, -0.2) is 49.7 Å². The summed E-state index contributed by atoms with van der Waals surface area (Å²) in [5, 5.41) is 3.37. The fourth-order valence-electron chi connectivity index (χ4n) is 2.59. The predicted molar refractivity (Wildman–Crippen MR) is 57.6 cm³/mol. The number of fused-ring (bicyclic) bond motifs is 1. The van der Waals surface area contributed by atoms with Crippen molar-refractivity contribution < 1.29 is 9.53 Å². The third-order valence-corrected chi connectivity index (χ3v) is 3.31. The van der Waals surface area contributed by atoms with Crippen molar-refractivity contribution in [2.45, 2.75) is 25.8 Å². The number of ether oxygens (including phenoxy) is 1. The maximum Gasteiger partial charge on any atom is 0.248 e. The zero-order chi connectivity index (χ0) is 10.7. The number of amides is 1. The van der Waals surface area contributed by atoms with Crippen molar-refractivity contribution >= 4 is 5.91 Å². The summed E-state index contributed by atoms with van der Waals surface area (Å²) in [7, 11) is 0. The SMILES string of the molecule is CCCN1C(=O)COC[C@@H]2CNCC[C@H]21. The Morgan fingerprint density at radius 1 is 1.60 bits per heavy atom. The second kappa shape index (κ2) is 4.94. The zero-order valence-corrected chi connectivity index (χ0v) is 9.37. The Morgan fingerprint density at radius 2 is 2.47 bits per heavy atom. The van der Waals surface area contributed by atoms with Crippen LogP contribution in [0.2, 0.25) is 0 Å². The summed E-state index contributed by atoms with van der Waals surface area (Å²) in [5.74, 6) is 0.656. The minimum absolute atomic E-state index is 0.172. The molecule has 0 unspecified atom stereocenters. The van der Waals surface area contributed by atoms with Gasteiger partial charge in [-0.3, -0.25) is 4.79 Å². The molecule has 0 aliphatic carbocycles. The highest BCUT2D eigenvalue weighted by atomic mass is 16.5. The lowest BCUT2D eigenvalue weighted by Gasteiger charge is -2.37. The molecule has 0 saturated carbocycles. The second-order valence-corrected chi connectivity index (χ2v) is 4.42. The third kappa shape index (κ3) is 2.32. The number of piperidine rings is 1. The van der Waals surface area contributed by atoms with Crippen LogP contribution in [-0.2, 0) is 9.53 Å². The molecule has 4 heteroatoms. The number of nitrogens with one attached hydrogen (secondary N) is 1. The van der Waals surface area contributed by atoms with Crippen molar-refractivity contribution in [2.75, 3.05) is 32.8 Å². The number of carbonyl (C=O) groups is 1. The topological polar surface area (TPSA) is 41.6 Å². The molecular formula is C11H20N2O2. The van der Waals surface area contributed by atoms with E-state index in [0.29, 0.717) is 12.0 Å². The van der Waals surface area contributed by atoms with Crippen molar-refractivity contribution in [1.29, 1.82) is 0 Å². The second-order valence-electron chi connectivity index (χ2n) is 4.42. The summed E-state index contributed by atoms with van der Waals surface area (Å²) in [5.41, 5.74) is 0. The largest absolute Gasteiger partial charge is 0.371 e. The average Bonchev–Trinajstić information content (AvgIpc) is 2.40. The van der Waals surface area contributed by atoms with Gasteiger partial charge in [0.25, 0.3) is 0 Å². The van der Waals surface area contributed by atoms with E-state index in [-0.39, 0.29) is 12.5 Å². The molecule has 1 N–H and O–H groups in total. The highest BCUT2D eigenvalue weighted by molar-refractivity contribution is 5.78. The van der Waals surface area contributed by atoms with Gasteiger partial charge in [0.05, 0.1) is 6.61 Å². The third-order valence-electron chi connectivity index (χ3n) is 3.31. The van der Waals surface area contributed by atoms with Gasteiger partial charge < -0.3 is 15.0 Å². The first kappa shape index (κ1) is 10.9. The Hall–Kier alpha value is -0.610. The van der Waals surface area contributed by atoms with E-state index in [1.165, 1.54) is 0 Å². The molecule has 2 rings (SSSR count). The zero-order valence-electron chi connectivity index (χ0n) is 9.37. The number of rotatable bonds is 2. The monoisotopic (exact) mass is 212 g/mol. The van der Waals surface area contributed by atoms with E-state index in [1.54, 1.807) is 0 Å². The van der Waals surface area contributed by atoms with Gasteiger partial charge >= 0.3 is 0 Å². The summed E-state index contributed by atoms with van der Waals surface area (Å²) in [4.78, 5) is 13.9. The first-order valence-electron chi connectivity index (χ1n) is 5.91. The van der Waals surface area contributed by atoms with Crippen LogP contribution < -0.4 is 5.32 Å². The number of carbonyl (C=O) groups excluding carboxylic acids is 1. The van der Waals surface area contributed by atoms with Crippen LogP contribution in [0.5, 0.6) is 0 Å². The van der Waals surface area contributed by atoms with Crippen LogP contribution in [0.25, 0.3) is 0 Å². The highest BCUT2D eigenvalue weighted by Gasteiger charge is 2.34. The first-order valence-corrected chi connectivity index (χ1v) is 5.91. The molecule has 2 heterocycles. The van der Waals surface area contributed by atoms with Crippen molar-refractivity contribution in [3.8, 4) is 0 Å². The van der Waals surface area contributed by atoms with Crippen LogP contribution in [0.15, 0.2) is 0 Å². The summed E-state index contributed by atoms with van der Waals surface area (Å²) in [6.07, 6.45) is 2.10. The van der Waals surface area contributed by atoms with Gasteiger partial charge in [0.15, 0.2) is 0 Å². The molecule has 0 aromatic carbocycles. The van der Waals surface area contributed by atoms with Crippen molar-refractivity contribution in [1.82, 2.24) is 10.2 Å². The lowest BCUT2D eigenvalue weighted by Crippen LogP contribution is -2.51. The average molecular weight is 212 g/mol. The van der Waals surface area contributed by atoms with Crippen LogP contribution >= 0.6 is 0 Å². The van der Waals surface area contributed by atoms with Gasteiger partial charge in [-0.05, 0) is 19.4 Å². The molecule has 2 atom stereocenters. The predicted octanol–water partition coefficient (Wildman–Crippen LogP) is 0.233. The molecule has 1 amide bonds. The summed E-state index contributed by atoms with van der Waals surface area (Å²) < 4.78 is 5.42. The van der Waals surface area contributed by atoms with Gasteiger partial charge in [-0.1, -0.05) is 6.92 Å². The van der Waals surface area contributed by atoms with E-state index in [2.05, 4.69) is 12.2 Å².